The van der Waals surface area contributed by atoms with Crippen molar-refractivity contribution in [1.82, 2.24) is 0 Å². The van der Waals surface area contributed by atoms with Gasteiger partial charge in [0.25, 0.3) is 0 Å². The number of phenols is 1. The van der Waals surface area contributed by atoms with Crippen LogP contribution >= 0.6 is 0 Å². The van der Waals surface area contributed by atoms with Crippen LogP contribution in [-0.4, -0.2) is 17.1 Å². The summed E-state index contributed by atoms with van der Waals surface area (Å²) in [7, 11) is 0. The third-order valence-corrected chi connectivity index (χ3v) is 3.11. The zero-order chi connectivity index (χ0) is 14.1. The standard InChI is InChI=1S/C14H22N2O2/c1-8-6-7-10(9(2)11(8)17)16-13(18)12(15)14(3,4)5/h6-7,12,17H,15H2,1-5H3,(H,16,18)/t12-/m1/s1. The maximum atomic E-state index is 12.0. The monoisotopic (exact) mass is 250 g/mol. The highest BCUT2D eigenvalue weighted by molar-refractivity contribution is 5.96. The fourth-order valence-electron chi connectivity index (χ4n) is 1.57. The van der Waals surface area contributed by atoms with Gasteiger partial charge in [-0.05, 0) is 30.9 Å². The molecule has 0 saturated heterocycles. The van der Waals surface area contributed by atoms with E-state index in [4.69, 9.17) is 5.73 Å². The Bertz CT molecular complexity index is 462. The van der Waals surface area contributed by atoms with Crippen LogP contribution in [0, 0.1) is 19.3 Å². The molecule has 0 fully saturated rings. The second-order valence-corrected chi connectivity index (χ2v) is 5.74. The Hall–Kier alpha value is -1.55. The molecule has 0 radical (unpaired) electrons. The minimum atomic E-state index is -0.597. The van der Waals surface area contributed by atoms with Gasteiger partial charge in [0.1, 0.15) is 5.75 Å². The van der Waals surface area contributed by atoms with Crippen molar-refractivity contribution in [3.8, 4) is 5.75 Å². The average molecular weight is 250 g/mol. The predicted molar refractivity (Wildman–Crippen MR) is 73.6 cm³/mol. The summed E-state index contributed by atoms with van der Waals surface area (Å²) < 4.78 is 0. The molecule has 4 heteroatoms. The average Bonchev–Trinajstić information content (AvgIpc) is 2.27. The summed E-state index contributed by atoms with van der Waals surface area (Å²) in [5, 5.41) is 12.6. The molecule has 0 aliphatic carbocycles. The number of nitrogens with two attached hydrogens (primary N) is 1. The van der Waals surface area contributed by atoms with Crippen LogP contribution in [0.1, 0.15) is 31.9 Å². The molecule has 1 atom stereocenters. The molecule has 0 saturated carbocycles. The van der Waals surface area contributed by atoms with E-state index < -0.39 is 6.04 Å². The highest BCUT2D eigenvalue weighted by Gasteiger charge is 2.27. The summed E-state index contributed by atoms with van der Waals surface area (Å²) in [6.07, 6.45) is 0. The number of rotatable bonds is 2. The van der Waals surface area contributed by atoms with Crippen molar-refractivity contribution in [2.75, 3.05) is 5.32 Å². The predicted octanol–water partition coefficient (Wildman–Crippen LogP) is 2.32. The van der Waals surface area contributed by atoms with Gasteiger partial charge in [0.15, 0.2) is 0 Å². The van der Waals surface area contributed by atoms with Gasteiger partial charge < -0.3 is 16.2 Å². The van der Waals surface area contributed by atoms with Crippen molar-refractivity contribution in [3.05, 3.63) is 23.3 Å². The fraction of sp³-hybridized carbons (Fsp3) is 0.500. The number of carbonyl (C=O) groups excluding carboxylic acids is 1. The van der Waals surface area contributed by atoms with Crippen LogP contribution in [0.4, 0.5) is 5.69 Å². The molecule has 1 rings (SSSR count). The van der Waals surface area contributed by atoms with Crippen molar-refractivity contribution in [3.63, 3.8) is 0 Å². The summed E-state index contributed by atoms with van der Waals surface area (Å²) in [6, 6.07) is 2.94. The molecule has 18 heavy (non-hydrogen) atoms. The van der Waals surface area contributed by atoms with E-state index in [2.05, 4.69) is 5.32 Å². The molecular formula is C14H22N2O2. The zero-order valence-electron chi connectivity index (χ0n) is 11.7. The number of nitrogens with one attached hydrogen (secondary N) is 1. The van der Waals surface area contributed by atoms with E-state index >= 15 is 0 Å². The lowest BCUT2D eigenvalue weighted by molar-refractivity contribution is -0.119. The largest absolute Gasteiger partial charge is 0.507 e. The minimum absolute atomic E-state index is 0.206. The number of hydrogen-bond acceptors (Lipinski definition) is 3. The number of aromatic hydroxyl groups is 1. The highest BCUT2D eigenvalue weighted by Crippen LogP contribution is 2.28. The molecule has 0 heterocycles. The first kappa shape index (κ1) is 14.5. The number of phenolic OH excluding ortho intramolecular Hbond substituents is 1. The first-order valence-electron chi connectivity index (χ1n) is 6.00. The molecular weight excluding hydrogens is 228 g/mol. The second-order valence-electron chi connectivity index (χ2n) is 5.74. The van der Waals surface area contributed by atoms with E-state index in [9.17, 15) is 9.90 Å². The quantitative estimate of drug-likeness (QED) is 0.754. The summed E-state index contributed by atoms with van der Waals surface area (Å²) in [5.41, 5.74) is 7.62. The van der Waals surface area contributed by atoms with Crippen molar-refractivity contribution in [1.29, 1.82) is 0 Å². The van der Waals surface area contributed by atoms with Crippen LogP contribution in [0.15, 0.2) is 12.1 Å². The number of hydrogen-bond donors (Lipinski definition) is 3. The van der Waals surface area contributed by atoms with E-state index in [1.165, 1.54) is 0 Å². The third kappa shape index (κ3) is 3.01. The van der Waals surface area contributed by atoms with Gasteiger partial charge >= 0.3 is 0 Å². The van der Waals surface area contributed by atoms with Crippen LogP contribution in [0.25, 0.3) is 0 Å². The van der Waals surface area contributed by atoms with Crippen molar-refractivity contribution in [2.24, 2.45) is 11.1 Å². The van der Waals surface area contributed by atoms with Crippen LogP contribution in [0.5, 0.6) is 5.75 Å². The van der Waals surface area contributed by atoms with Crippen molar-refractivity contribution in [2.45, 2.75) is 40.7 Å². The molecule has 0 aliphatic rings. The highest BCUT2D eigenvalue weighted by atomic mass is 16.3. The van der Waals surface area contributed by atoms with E-state index in [0.717, 1.165) is 5.56 Å². The normalized spacial score (nSPS) is 13.2. The lowest BCUT2D eigenvalue weighted by atomic mass is 9.87. The van der Waals surface area contributed by atoms with Crippen LogP contribution in [-0.2, 0) is 4.79 Å². The summed E-state index contributed by atoms with van der Waals surface area (Å²) >= 11 is 0. The second kappa shape index (κ2) is 4.98. The van der Waals surface area contributed by atoms with Gasteiger partial charge in [-0.2, -0.15) is 0 Å². The summed E-state index contributed by atoms with van der Waals surface area (Å²) in [4.78, 5) is 12.0. The maximum absolute atomic E-state index is 12.0. The Labute approximate surface area is 108 Å². The Morgan fingerprint density at radius 2 is 1.89 bits per heavy atom. The van der Waals surface area contributed by atoms with E-state index in [1.807, 2.05) is 27.7 Å². The van der Waals surface area contributed by atoms with Gasteiger partial charge in [-0.25, -0.2) is 0 Å². The van der Waals surface area contributed by atoms with Crippen LogP contribution in [0.2, 0.25) is 0 Å². The third-order valence-electron chi connectivity index (χ3n) is 3.11. The molecule has 0 bridgehead atoms. The van der Waals surface area contributed by atoms with Gasteiger partial charge in [0.05, 0.1) is 6.04 Å². The molecule has 0 unspecified atom stereocenters. The van der Waals surface area contributed by atoms with E-state index in [-0.39, 0.29) is 17.1 Å². The Balaban J connectivity index is 2.93. The first-order chi connectivity index (χ1) is 8.14. The zero-order valence-corrected chi connectivity index (χ0v) is 11.7. The molecule has 1 amide bonds. The number of carbonyl (C=O) groups is 1. The number of benzene rings is 1. The topological polar surface area (TPSA) is 75.4 Å². The van der Waals surface area contributed by atoms with Gasteiger partial charge in [0, 0.05) is 11.3 Å². The van der Waals surface area contributed by atoms with Crippen molar-refractivity contribution >= 4 is 11.6 Å². The molecule has 100 valence electrons. The van der Waals surface area contributed by atoms with Gasteiger partial charge in [-0.3, -0.25) is 4.79 Å². The summed E-state index contributed by atoms with van der Waals surface area (Å²) in [5.74, 6) is -0.0361. The number of aryl methyl sites for hydroxylation is 1. The number of amides is 1. The molecule has 0 spiro atoms. The molecule has 1 aromatic carbocycles. The minimum Gasteiger partial charge on any atom is -0.507 e. The fourth-order valence-corrected chi connectivity index (χ4v) is 1.57. The van der Waals surface area contributed by atoms with Gasteiger partial charge in [-0.1, -0.05) is 26.8 Å². The lowest BCUT2D eigenvalue weighted by Gasteiger charge is -2.26. The molecule has 4 N–H and O–H groups in total. The smallest absolute Gasteiger partial charge is 0.241 e. The Morgan fingerprint density at radius 1 is 1.33 bits per heavy atom. The molecule has 0 aliphatic heterocycles. The molecule has 0 aromatic heterocycles. The summed E-state index contributed by atoms with van der Waals surface area (Å²) in [6.45, 7) is 9.32. The van der Waals surface area contributed by atoms with E-state index in [1.54, 1.807) is 19.1 Å². The van der Waals surface area contributed by atoms with Gasteiger partial charge in [0.2, 0.25) is 5.91 Å². The van der Waals surface area contributed by atoms with Crippen molar-refractivity contribution < 1.29 is 9.90 Å². The van der Waals surface area contributed by atoms with Crippen LogP contribution in [0.3, 0.4) is 0 Å². The molecule has 4 nitrogen and oxygen atoms in total. The lowest BCUT2D eigenvalue weighted by Crippen LogP contribution is -2.45. The Kier molecular flexibility index (Phi) is 4.02. The van der Waals surface area contributed by atoms with E-state index in [0.29, 0.717) is 11.3 Å². The maximum Gasteiger partial charge on any atom is 0.241 e. The molecule has 1 aromatic rings. The number of anilines is 1. The SMILES string of the molecule is Cc1ccc(NC(=O)[C@@H](N)C(C)(C)C)c(C)c1O. The Morgan fingerprint density at radius 3 is 2.39 bits per heavy atom. The first-order valence-corrected chi connectivity index (χ1v) is 6.00. The van der Waals surface area contributed by atoms with Gasteiger partial charge in [-0.15, -0.1) is 0 Å². The van der Waals surface area contributed by atoms with Crippen LogP contribution < -0.4 is 11.1 Å².